The van der Waals surface area contributed by atoms with Crippen LogP contribution in [0.25, 0.3) is 0 Å². The van der Waals surface area contributed by atoms with Gasteiger partial charge in [0.15, 0.2) is 0 Å². The van der Waals surface area contributed by atoms with Crippen molar-refractivity contribution < 1.29 is 4.74 Å². The van der Waals surface area contributed by atoms with E-state index in [4.69, 9.17) is 4.74 Å². The molecule has 1 aromatic rings. The van der Waals surface area contributed by atoms with Gasteiger partial charge < -0.3 is 4.74 Å². The molecule has 1 heteroatoms. The second-order valence-corrected chi connectivity index (χ2v) is 2.90. The number of ether oxygens (including phenoxy) is 1. The molecule has 1 radical (unpaired) electrons. The molecule has 0 bridgehead atoms. The lowest BCUT2D eigenvalue weighted by atomic mass is 10.1. The van der Waals surface area contributed by atoms with Crippen LogP contribution in [-0.2, 0) is 11.2 Å². The topological polar surface area (TPSA) is 12.5 Å². The van der Waals surface area contributed by atoms with E-state index in [9.17, 15) is 0 Å². The zero-order chi connectivity index (χ0) is 7.68. The maximum Gasteiger partial charge on any atom is 0.0882 e. The first-order chi connectivity index (χ1) is 5.36. The standard InChI is InChI=1S/C10H11O/c1-8-10(11-8)7-9-5-3-2-4-6-9/h2-6,8,10H,1,7H2. The van der Waals surface area contributed by atoms with Crippen molar-refractivity contribution >= 4 is 0 Å². The number of hydrogen-bond acceptors (Lipinski definition) is 1. The largest absolute Gasteiger partial charge is 0.369 e. The summed E-state index contributed by atoms with van der Waals surface area (Å²) in [6.45, 7) is 3.81. The van der Waals surface area contributed by atoms with Gasteiger partial charge in [0.05, 0.1) is 12.2 Å². The Morgan fingerprint density at radius 1 is 1.27 bits per heavy atom. The van der Waals surface area contributed by atoms with Gasteiger partial charge in [-0.25, -0.2) is 0 Å². The Bertz CT molecular complexity index is 230. The van der Waals surface area contributed by atoms with E-state index in [0.29, 0.717) is 6.10 Å². The number of epoxide rings is 1. The monoisotopic (exact) mass is 147 g/mol. The quantitative estimate of drug-likeness (QED) is 0.581. The van der Waals surface area contributed by atoms with Gasteiger partial charge in [0, 0.05) is 6.42 Å². The Labute approximate surface area is 67.0 Å². The lowest BCUT2D eigenvalue weighted by Gasteiger charge is -1.94. The second-order valence-electron chi connectivity index (χ2n) is 2.90. The first-order valence-corrected chi connectivity index (χ1v) is 3.89. The molecule has 0 aromatic heterocycles. The zero-order valence-corrected chi connectivity index (χ0v) is 6.36. The molecule has 1 saturated heterocycles. The first-order valence-electron chi connectivity index (χ1n) is 3.89. The molecule has 2 rings (SSSR count). The third-order valence-corrected chi connectivity index (χ3v) is 1.97. The molecule has 1 aromatic carbocycles. The molecule has 1 aliphatic rings. The van der Waals surface area contributed by atoms with Crippen LogP contribution in [0.2, 0.25) is 0 Å². The normalized spacial score (nSPS) is 28.5. The van der Waals surface area contributed by atoms with E-state index in [2.05, 4.69) is 31.2 Å². The van der Waals surface area contributed by atoms with Gasteiger partial charge in [0.2, 0.25) is 0 Å². The molecule has 2 atom stereocenters. The van der Waals surface area contributed by atoms with Crippen LogP contribution in [0.4, 0.5) is 0 Å². The third-order valence-electron chi connectivity index (χ3n) is 1.97. The summed E-state index contributed by atoms with van der Waals surface area (Å²) >= 11 is 0. The predicted molar refractivity (Wildman–Crippen MR) is 44.2 cm³/mol. The molecule has 57 valence electrons. The maximum absolute atomic E-state index is 5.21. The van der Waals surface area contributed by atoms with Gasteiger partial charge in [0.1, 0.15) is 0 Å². The third kappa shape index (κ3) is 1.60. The summed E-state index contributed by atoms with van der Waals surface area (Å²) < 4.78 is 5.21. The van der Waals surface area contributed by atoms with Gasteiger partial charge in [-0.2, -0.15) is 0 Å². The Hall–Kier alpha value is -0.820. The van der Waals surface area contributed by atoms with Crippen LogP contribution in [0.3, 0.4) is 0 Å². The van der Waals surface area contributed by atoms with Crippen molar-refractivity contribution in [3.63, 3.8) is 0 Å². The molecule has 2 unspecified atom stereocenters. The molecular formula is C10H11O. The van der Waals surface area contributed by atoms with E-state index >= 15 is 0 Å². The second kappa shape index (κ2) is 2.67. The van der Waals surface area contributed by atoms with Crippen molar-refractivity contribution in [2.24, 2.45) is 0 Å². The summed E-state index contributed by atoms with van der Waals surface area (Å²) in [5, 5.41) is 0. The van der Waals surface area contributed by atoms with E-state index in [1.165, 1.54) is 5.56 Å². The van der Waals surface area contributed by atoms with Crippen LogP contribution >= 0.6 is 0 Å². The van der Waals surface area contributed by atoms with Crippen molar-refractivity contribution in [2.75, 3.05) is 0 Å². The molecular weight excluding hydrogens is 136 g/mol. The predicted octanol–water partition coefficient (Wildman–Crippen LogP) is 1.83. The molecule has 0 spiro atoms. The fourth-order valence-corrected chi connectivity index (χ4v) is 1.21. The van der Waals surface area contributed by atoms with Crippen molar-refractivity contribution in [2.45, 2.75) is 18.6 Å². The lowest BCUT2D eigenvalue weighted by Crippen LogP contribution is -1.94. The van der Waals surface area contributed by atoms with Crippen molar-refractivity contribution in [3.8, 4) is 0 Å². The molecule has 1 fully saturated rings. The highest BCUT2D eigenvalue weighted by molar-refractivity contribution is 5.17. The molecule has 1 aliphatic heterocycles. The van der Waals surface area contributed by atoms with E-state index < -0.39 is 0 Å². The van der Waals surface area contributed by atoms with Gasteiger partial charge >= 0.3 is 0 Å². The number of benzene rings is 1. The SMILES string of the molecule is [CH2]C1OC1Cc1ccccc1. The van der Waals surface area contributed by atoms with E-state index in [0.717, 1.165) is 6.42 Å². The van der Waals surface area contributed by atoms with Crippen molar-refractivity contribution in [3.05, 3.63) is 42.8 Å². The van der Waals surface area contributed by atoms with Crippen LogP contribution in [0.15, 0.2) is 30.3 Å². The highest BCUT2D eigenvalue weighted by atomic mass is 16.6. The average Bonchev–Trinajstić information content (AvgIpc) is 2.69. The summed E-state index contributed by atoms with van der Waals surface area (Å²) in [6, 6.07) is 10.4. The van der Waals surface area contributed by atoms with Crippen molar-refractivity contribution in [1.82, 2.24) is 0 Å². The van der Waals surface area contributed by atoms with Gasteiger partial charge in [-0.3, -0.25) is 0 Å². The minimum absolute atomic E-state index is 0.232. The van der Waals surface area contributed by atoms with Crippen LogP contribution in [0, 0.1) is 6.92 Å². The van der Waals surface area contributed by atoms with Crippen LogP contribution < -0.4 is 0 Å². The Balaban J connectivity index is 1.97. The van der Waals surface area contributed by atoms with E-state index in [-0.39, 0.29) is 6.10 Å². The molecule has 0 saturated carbocycles. The molecule has 0 amide bonds. The molecule has 1 heterocycles. The summed E-state index contributed by atoms with van der Waals surface area (Å²) in [4.78, 5) is 0. The fourth-order valence-electron chi connectivity index (χ4n) is 1.21. The average molecular weight is 147 g/mol. The Morgan fingerprint density at radius 2 is 1.91 bits per heavy atom. The van der Waals surface area contributed by atoms with Gasteiger partial charge in [-0.15, -0.1) is 0 Å². The van der Waals surface area contributed by atoms with E-state index in [1.54, 1.807) is 0 Å². The summed E-state index contributed by atoms with van der Waals surface area (Å²) in [6.07, 6.45) is 1.61. The summed E-state index contributed by atoms with van der Waals surface area (Å²) in [5.41, 5.74) is 1.34. The number of rotatable bonds is 2. The zero-order valence-electron chi connectivity index (χ0n) is 6.36. The smallest absolute Gasteiger partial charge is 0.0882 e. The van der Waals surface area contributed by atoms with Crippen LogP contribution in [0.1, 0.15) is 5.56 Å². The van der Waals surface area contributed by atoms with Crippen LogP contribution in [-0.4, -0.2) is 12.2 Å². The van der Waals surface area contributed by atoms with E-state index in [1.807, 2.05) is 6.07 Å². The first kappa shape index (κ1) is 6.86. The minimum atomic E-state index is 0.232. The van der Waals surface area contributed by atoms with Gasteiger partial charge in [-0.1, -0.05) is 30.3 Å². The van der Waals surface area contributed by atoms with Crippen LogP contribution in [0.5, 0.6) is 0 Å². The summed E-state index contributed by atoms with van der Waals surface area (Å²) in [5.74, 6) is 0. The minimum Gasteiger partial charge on any atom is -0.369 e. The number of hydrogen-bond donors (Lipinski definition) is 0. The maximum atomic E-state index is 5.21. The lowest BCUT2D eigenvalue weighted by molar-refractivity contribution is 0.387. The molecule has 1 nitrogen and oxygen atoms in total. The highest BCUT2D eigenvalue weighted by Crippen LogP contribution is 2.24. The highest BCUT2D eigenvalue weighted by Gasteiger charge is 2.33. The molecule has 0 aliphatic carbocycles. The van der Waals surface area contributed by atoms with Gasteiger partial charge in [-0.05, 0) is 12.5 Å². The fraction of sp³-hybridized carbons (Fsp3) is 0.300. The molecule has 0 N–H and O–H groups in total. The Morgan fingerprint density at radius 3 is 2.45 bits per heavy atom. The van der Waals surface area contributed by atoms with Gasteiger partial charge in [0.25, 0.3) is 0 Å². The summed E-state index contributed by atoms with van der Waals surface area (Å²) in [7, 11) is 0. The molecule has 11 heavy (non-hydrogen) atoms. The Kier molecular flexibility index (Phi) is 1.66. The van der Waals surface area contributed by atoms with Crippen molar-refractivity contribution in [1.29, 1.82) is 0 Å².